The molecule has 0 bridgehead atoms. The summed E-state index contributed by atoms with van der Waals surface area (Å²) in [6, 6.07) is 5.57. The molecular weight excluding hydrogens is 423 g/mol. The molecule has 1 aliphatic rings. The average molecular weight is 451 g/mol. The van der Waals surface area contributed by atoms with Crippen molar-refractivity contribution in [2.24, 2.45) is 0 Å². The lowest BCUT2D eigenvalue weighted by Gasteiger charge is -2.35. The first-order chi connectivity index (χ1) is 15.8. The van der Waals surface area contributed by atoms with Gasteiger partial charge in [-0.2, -0.15) is 9.61 Å². The zero-order chi connectivity index (χ0) is 23.3. The number of benzene rings is 1. The Labute approximate surface area is 190 Å². The summed E-state index contributed by atoms with van der Waals surface area (Å²) in [6.07, 6.45) is 3.55. The molecule has 0 radical (unpaired) electrons. The molecule has 2 unspecified atom stereocenters. The van der Waals surface area contributed by atoms with Crippen molar-refractivity contribution in [3.63, 3.8) is 0 Å². The number of ether oxygens (including phenoxy) is 1. The van der Waals surface area contributed by atoms with Gasteiger partial charge in [-0.1, -0.05) is 12.1 Å². The van der Waals surface area contributed by atoms with Gasteiger partial charge in [0.25, 0.3) is 0 Å². The lowest BCUT2D eigenvalue weighted by Crippen LogP contribution is -2.44. The summed E-state index contributed by atoms with van der Waals surface area (Å²) in [5.74, 6) is -0.225. The van der Waals surface area contributed by atoms with Crippen LogP contribution in [0.5, 0.6) is 0 Å². The number of aryl methyl sites for hydroxylation is 2. The van der Waals surface area contributed by atoms with Crippen molar-refractivity contribution in [1.82, 2.24) is 29.0 Å². The minimum Gasteiger partial charge on any atom is -0.373 e. The van der Waals surface area contributed by atoms with Crippen LogP contribution in [0.2, 0.25) is 0 Å². The standard InChI is InChI=1S/C24H27FN6O2/c1-14-5-18(6-15(2)21(14)25)12-30-22-20(23-27-13-28-31(23)24(30)32)7-19(8-26-22)11-29-9-16(3)33-17(4)10-29/h5-8,13,16-17H,9-12H2,1-4H3. The number of hydrogen-bond acceptors (Lipinski definition) is 6. The highest BCUT2D eigenvalue weighted by Crippen LogP contribution is 2.21. The average Bonchev–Trinajstić information content (AvgIpc) is 3.25. The molecule has 1 fully saturated rings. The minimum atomic E-state index is -0.328. The Hall–Kier alpha value is -3.17. The van der Waals surface area contributed by atoms with E-state index in [2.05, 4.69) is 33.8 Å². The van der Waals surface area contributed by atoms with Crippen LogP contribution in [0.1, 0.15) is 36.1 Å². The van der Waals surface area contributed by atoms with Crippen molar-refractivity contribution >= 4 is 16.7 Å². The zero-order valence-electron chi connectivity index (χ0n) is 19.2. The molecule has 1 aromatic carbocycles. The van der Waals surface area contributed by atoms with Crippen LogP contribution in [0, 0.1) is 19.7 Å². The molecule has 0 amide bonds. The van der Waals surface area contributed by atoms with Crippen LogP contribution in [0.25, 0.3) is 16.7 Å². The highest BCUT2D eigenvalue weighted by molar-refractivity contribution is 5.89. The van der Waals surface area contributed by atoms with Crippen LogP contribution in [-0.4, -0.2) is 54.3 Å². The summed E-state index contributed by atoms with van der Waals surface area (Å²) in [6.45, 7) is 10.3. The molecule has 2 atom stereocenters. The Balaban J connectivity index is 1.58. The first-order valence-corrected chi connectivity index (χ1v) is 11.1. The highest BCUT2D eigenvalue weighted by Gasteiger charge is 2.23. The zero-order valence-corrected chi connectivity index (χ0v) is 19.2. The number of fused-ring (bicyclic) bond motifs is 3. The van der Waals surface area contributed by atoms with Crippen LogP contribution in [0.3, 0.4) is 0 Å². The van der Waals surface area contributed by atoms with E-state index in [4.69, 9.17) is 4.74 Å². The van der Waals surface area contributed by atoms with E-state index in [1.165, 1.54) is 10.8 Å². The second-order valence-corrected chi connectivity index (χ2v) is 9.07. The Morgan fingerprint density at radius 3 is 2.39 bits per heavy atom. The third-order valence-electron chi connectivity index (χ3n) is 6.12. The summed E-state index contributed by atoms with van der Waals surface area (Å²) in [5, 5.41) is 4.90. The number of halogens is 1. The third-order valence-corrected chi connectivity index (χ3v) is 6.12. The van der Waals surface area contributed by atoms with Crippen molar-refractivity contribution in [2.75, 3.05) is 13.1 Å². The van der Waals surface area contributed by atoms with Gasteiger partial charge in [-0.05, 0) is 56.0 Å². The largest absolute Gasteiger partial charge is 0.373 e. The second kappa shape index (κ2) is 8.31. The maximum atomic E-state index is 14.1. The number of morpholine rings is 1. The molecule has 4 heterocycles. The van der Waals surface area contributed by atoms with Gasteiger partial charge in [-0.15, -0.1) is 0 Å². The Morgan fingerprint density at radius 2 is 1.70 bits per heavy atom. The third kappa shape index (κ3) is 4.02. The molecule has 0 aliphatic carbocycles. The van der Waals surface area contributed by atoms with Gasteiger partial charge >= 0.3 is 5.69 Å². The monoisotopic (exact) mass is 450 g/mol. The molecule has 1 saturated heterocycles. The number of nitrogens with zero attached hydrogens (tertiary/aromatic N) is 6. The Bertz CT molecular complexity index is 1380. The summed E-state index contributed by atoms with van der Waals surface area (Å²) < 4.78 is 22.8. The minimum absolute atomic E-state index is 0.179. The topological polar surface area (TPSA) is 77.5 Å². The van der Waals surface area contributed by atoms with Crippen molar-refractivity contribution in [2.45, 2.75) is 53.0 Å². The molecule has 8 nitrogen and oxygen atoms in total. The van der Waals surface area contributed by atoms with Crippen molar-refractivity contribution in [1.29, 1.82) is 0 Å². The van der Waals surface area contributed by atoms with E-state index in [0.29, 0.717) is 22.4 Å². The molecular formula is C24H27FN6O2. The molecule has 1 aliphatic heterocycles. The van der Waals surface area contributed by atoms with E-state index < -0.39 is 0 Å². The molecule has 3 aromatic heterocycles. The lowest BCUT2D eigenvalue weighted by atomic mass is 10.1. The maximum Gasteiger partial charge on any atom is 0.352 e. The number of pyridine rings is 1. The maximum absolute atomic E-state index is 14.1. The fraction of sp³-hybridized carbons (Fsp3) is 0.417. The van der Waals surface area contributed by atoms with Crippen molar-refractivity contribution < 1.29 is 9.13 Å². The van der Waals surface area contributed by atoms with Gasteiger partial charge in [0.2, 0.25) is 0 Å². The van der Waals surface area contributed by atoms with E-state index in [1.54, 1.807) is 30.5 Å². The van der Waals surface area contributed by atoms with Gasteiger partial charge < -0.3 is 4.74 Å². The summed E-state index contributed by atoms with van der Waals surface area (Å²) >= 11 is 0. The van der Waals surface area contributed by atoms with Gasteiger partial charge in [0.05, 0.1) is 24.1 Å². The highest BCUT2D eigenvalue weighted by atomic mass is 19.1. The fourth-order valence-corrected chi connectivity index (χ4v) is 4.86. The Kier molecular flexibility index (Phi) is 5.46. The van der Waals surface area contributed by atoms with E-state index in [-0.39, 0.29) is 30.3 Å². The fourth-order valence-electron chi connectivity index (χ4n) is 4.86. The van der Waals surface area contributed by atoms with Gasteiger partial charge in [-0.3, -0.25) is 9.47 Å². The van der Waals surface area contributed by atoms with Crippen molar-refractivity contribution in [3.8, 4) is 0 Å². The molecule has 0 spiro atoms. The van der Waals surface area contributed by atoms with Crippen LogP contribution in [0.15, 0.2) is 35.5 Å². The summed E-state index contributed by atoms with van der Waals surface area (Å²) in [5.41, 5.74) is 3.65. The molecule has 33 heavy (non-hydrogen) atoms. The molecule has 9 heteroatoms. The summed E-state index contributed by atoms with van der Waals surface area (Å²) in [7, 11) is 0. The SMILES string of the molecule is Cc1cc(Cn2c(=O)n3ncnc3c3cc(CN4CC(C)OC(C)C4)cnc32)cc(C)c1F. The number of rotatable bonds is 4. The van der Waals surface area contributed by atoms with Gasteiger partial charge in [0.15, 0.2) is 5.65 Å². The van der Waals surface area contributed by atoms with Crippen LogP contribution < -0.4 is 5.69 Å². The predicted molar refractivity (Wildman–Crippen MR) is 123 cm³/mol. The van der Waals surface area contributed by atoms with E-state index in [0.717, 1.165) is 36.1 Å². The number of aromatic nitrogens is 5. The first-order valence-electron chi connectivity index (χ1n) is 11.1. The quantitative estimate of drug-likeness (QED) is 0.476. The van der Waals surface area contributed by atoms with E-state index in [9.17, 15) is 9.18 Å². The van der Waals surface area contributed by atoms with Gasteiger partial charge in [0, 0.05) is 25.8 Å². The van der Waals surface area contributed by atoms with Crippen LogP contribution in [0.4, 0.5) is 4.39 Å². The normalized spacial score (nSPS) is 19.5. The first kappa shape index (κ1) is 21.7. The Morgan fingerprint density at radius 1 is 1.00 bits per heavy atom. The molecule has 0 N–H and O–H groups in total. The summed E-state index contributed by atoms with van der Waals surface area (Å²) in [4.78, 5) is 24.6. The second-order valence-electron chi connectivity index (χ2n) is 9.07. The molecule has 172 valence electrons. The van der Waals surface area contributed by atoms with Gasteiger partial charge in [-0.25, -0.2) is 19.2 Å². The lowest BCUT2D eigenvalue weighted by molar-refractivity contribution is -0.0705. The van der Waals surface area contributed by atoms with Crippen LogP contribution >= 0.6 is 0 Å². The molecule has 4 aromatic rings. The van der Waals surface area contributed by atoms with E-state index in [1.807, 2.05) is 12.3 Å². The van der Waals surface area contributed by atoms with Crippen LogP contribution in [-0.2, 0) is 17.8 Å². The van der Waals surface area contributed by atoms with E-state index >= 15 is 0 Å². The number of hydrogen-bond donors (Lipinski definition) is 0. The van der Waals surface area contributed by atoms with Gasteiger partial charge in [0.1, 0.15) is 17.8 Å². The smallest absolute Gasteiger partial charge is 0.352 e. The van der Waals surface area contributed by atoms with Crippen molar-refractivity contribution in [3.05, 3.63) is 69.3 Å². The molecule has 0 saturated carbocycles. The molecule has 5 rings (SSSR count). The predicted octanol–water partition coefficient (Wildman–Crippen LogP) is 2.85.